The van der Waals surface area contributed by atoms with E-state index in [2.05, 4.69) is 27.1 Å². The van der Waals surface area contributed by atoms with Crippen LogP contribution < -0.4 is 11.2 Å². The van der Waals surface area contributed by atoms with E-state index in [1.54, 1.807) is 0 Å². The number of hydrogen-bond donors (Lipinski definition) is 1. The zero-order chi connectivity index (χ0) is 18.5. The maximum absolute atomic E-state index is 12.3. The molecule has 0 saturated carbocycles. The smallest absolute Gasteiger partial charge is 0.288 e. The van der Waals surface area contributed by atoms with Crippen LogP contribution in [0, 0.1) is 0 Å². The van der Waals surface area contributed by atoms with E-state index in [4.69, 9.17) is 0 Å². The molecule has 0 aliphatic carbocycles. The van der Waals surface area contributed by atoms with E-state index in [1.807, 2.05) is 36.4 Å². The fraction of sp³-hybridized carbons (Fsp3) is 0.316. The Balaban J connectivity index is 2.10. The molecule has 0 radical (unpaired) electrons. The molecular weight excluding hydrogens is 330 g/mol. The van der Waals surface area contributed by atoms with Gasteiger partial charge in [-0.15, -0.1) is 10.2 Å². The summed E-state index contributed by atoms with van der Waals surface area (Å²) in [5.41, 5.74) is 1.17. The summed E-state index contributed by atoms with van der Waals surface area (Å²) >= 11 is 0. The average Bonchev–Trinajstić information content (AvgIpc) is 2.66. The van der Waals surface area contributed by atoms with E-state index in [-0.39, 0.29) is 11.2 Å². The highest BCUT2D eigenvalue weighted by Crippen LogP contribution is 2.21. The first-order valence-corrected chi connectivity index (χ1v) is 8.70. The van der Waals surface area contributed by atoms with Crippen molar-refractivity contribution in [2.24, 2.45) is 7.05 Å². The van der Waals surface area contributed by atoms with Gasteiger partial charge < -0.3 is 0 Å². The summed E-state index contributed by atoms with van der Waals surface area (Å²) in [5.74, 6) is 0.418. The van der Waals surface area contributed by atoms with Crippen molar-refractivity contribution in [3.63, 3.8) is 0 Å². The first-order chi connectivity index (χ1) is 12.6. The number of unbranched alkanes of at least 4 members (excludes halogenated alkanes) is 2. The summed E-state index contributed by atoms with van der Waals surface area (Å²) in [4.78, 5) is 30.9. The molecule has 7 heteroatoms. The summed E-state index contributed by atoms with van der Waals surface area (Å²) in [6, 6.07) is 9.91. The second kappa shape index (κ2) is 7.86. The van der Waals surface area contributed by atoms with Crippen molar-refractivity contribution < 1.29 is 0 Å². The lowest BCUT2D eigenvalue weighted by molar-refractivity contribution is 0.731. The number of benzene rings is 1. The number of H-pyrrole nitrogens is 1. The van der Waals surface area contributed by atoms with Crippen LogP contribution in [0.3, 0.4) is 0 Å². The molecule has 134 valence electrons. The molecule has 0 spiro atoms. The number of hydrogen-bond acceptors (Lipinski definition) is 5. The largest absolute Gasteiger partial charge is 0.329 e. The van der Waals surface area contributed by atoms with E-state index in [1.165, 1.54) is 7.05 Å². The van der Waals surface area contributed by atoms with Gasteiger partial charge in [0, 0.05) is 7.05 Å². The van der Waals surface area contributed by atoms with Gasteiger partial charge >= 0.3 is 5.69 Å². The van der Waals surface area contributed by atoms with Crippen molar-refractivity contribution >= 4 is 22.8 Å². The number of fused-ring (bicyclic) bond motifs is 1. The Kier molecular flexibility index (Phi) is 5.36. The van der Waals surface area contributed by atoms with E-state index in [9.17, 15) is 9.59 Å². The van der Waals surface area contributed by atoms with Crippen LogP contribution in [0.15, 0.2) is 39.9 Å². The Morgan fingerprint density at radius 3 is 2.65 bits per heavy atom. The third-order valence-corrected chi connectivity index (χ3v) is 4.20. The molecule has 7 nitrogen and oxygen atoms in total. The zero-order valence-electron chi connectivity index (χ0n) is 14.9. The minimum Gasteiger partial charge on any atom is -0.288 e. The van der Waals surface area contributed by atoms with Crippen LogP contribution in [0.4, 0.5) is 0 Å². The third kappa shape index (κ3) is 3.77. The highest BCUT2D eigenvalue weighted by molar-refractivity contribution is 5.80. The van der Waals surface area contributed by atoms with Crippen molar-refractivity contribution in [2.75, 3.05) is 0 Å². The summed E-state index contributed by atoms with van der Waals surface area (Å²) in [6.07, 6.45) is 6.02. The Labute approximate surface area is 150 Å². The lowest BCUT2D eigenvalue weighted by atomic mass is 10.0. The van der Waals surface area contributed by atoms with Crippen LogP contribution in [-0.4, -0.2) is 24.7 Å². The number of allylic oxidation sites excluding steroid dienone is 1. The molecule has 0 aliphatic rings. The molecule has 0 unspecified atom stereocenters. The molecule has 0 amide bonds. The standard InChI is InChI=1S/C19H21N5O2/c1-3-4-6-11-14(12-13-9-7-5-8-10-13)16-20-15-17(23-22-16)21-19(26)24(2)18(15)25/h5,7-10,12H,3-4,6,11H2,1-2H3,(H,21,23,26). The topological polar surface area (TPSA) is 93.5 Å². The van der Waals surface area contributed by atoms with Crippen LogP contribution in [-0.2, 0) is 7.05 Å². The van der Waals surface area contributed by atoms with Gasteiger partial charge in [-0.05, 0) is 30.1 Å². The molecular formula is C19H21N5O2. The van der Waals surface area contributed by atoms with Crippen molar-refractivity contribution in [3.05, 3.63) is 62.6 Å². The summed E-state index contributed by atoms with van der Waals surface area (Å²) in [6.45, 7) is 2.15. The average molecular weight is 351 g/mol. The van der Waals surface area contributed by atoms with Gasteiger partial charge in [0.1, 0.15) is 0 Å². The number of nitrogens with one attached hydrogen (secondary N) is 1. The zero-order valence-corrected chi connectivity index (χ0v) is 14.9. The lowest BCUT2D eigenvalue weighted by Crippen LogP contribution is -2.33. The van der Waals surface area contributed by atoms with E-state index < -0.39 is 11.2 Å². The van der Waals surface area contributed by atoms with Crippen LogP contribution >= 0.6 is 0 Å². The molecule has 0 aliphatic heterocycles. The summed E-state index contributed by atoms with van der Waals surface area (Å²) in [7, 11) is 1.41. The maximum Gasteiger partial charge on any atom is 0.329 e. The highest BCUT2D eigenvalue weighted by atomic mass is 16.2. The van der Waals surface area contributed by atoms with Crippen molar-refractivity contribution in [1.82, 2.24) is 24.7 Å². The second-order valence-electron chi connectivity index (χ2n) is 6.16. The number of rotatable bonds is 6. The summed E-state index contributed by atoms with van der Waals surface area (Å²) < 4.78 is 0.985. The molecule has 3 rings (SSSR count). The van der Waals surface area contributed by atoms with Crippen molar-refractivity contribution in [1.29, 1.82) is 0 Å². The van der Waals surface area contributed by atoms with Gasteiger partial charge in [-0.1, -0.05) is 50.1 Å². The SMILES string of the molecule is CCCCCC(=Cc1ccccc1)c1nnc2[nH]c(=O)n(C)c(=O)c2n1. The molecule has 0 fully saturated rings. The van der Waals surface area contributed by atoms with Gasteiger partial charge in [0.15, 0.2) is 17.0 Å². The van der Waals surface area contributed by atoms with Gasteiger partial charge in [-0.25, -0.2) is 9.78 Å². The van der Waals surface area contributed by atoms with Crippen LogP contribution in [0.5, 0.6) is 0 Å². The second-order valence-corrected chi connectivity index (χ2v) is 6.16. The first kappa shape index (κ1) is 17.7. The van der Waals surface area contributed by atoms with Gasteiger partial charge in [0.2, 0.25) is 0 Å². The normalized spacial score (nSPS) is 11.8. The minimum atomic E-state index is -0.533. The first-order valence-electron chi connectivity index (χ1n) is 8.70. The van der Waals surface area contributed by atoms with Crippen LogP contribution in [0.25, 0.3) is 22.8 Å². The maximum atomic E-state index is 12.3. The molecule has 3 aromatic rings. The Hall–Kier alpha value is -3.09. The van der Waals surface area contributed by atoms with Gasteiger partial charge in [-0.2, -0.15) is 0 Å². The predicted molar refractivity (Wildman–Crippen MR) is 102 cm³/mol. The molecule has 0 saturated heterocycles. The van der Waals surface area contributed by atoms with Crippen molar-refractivity contribution in [3.8, 4) is 0 Å². The Morgan fingerprint density at radius 1 is 1.15 bits per heavy atom. The van der Waals surface area contributed by atoms with E-state index in [0.717, 1.165) is 41.4 Å². The predicted octanol–water partition coefficient (Wildman–Crippen LogP) is 2.53. The Morgan fingerprint density at radius 2 is 1.92 bits per heavy atom. The van der Waals surface area contributed by atoms with Crippen molar-refractivity contribution in [2.45, 2.75) is 32.6 Å². The lowest BCUT2D eigenvalue weighted by Gasteiger charge is -2.07. The molecule has 0 atom stereocenters. The summed E-state index contributed by atoms with van der Waals surface area (Å²) in [5, 5.41) is 8.16. The number of aromatic amines is 1. The molecule has 0 bridgehead atoms. The van der Waals surface area contributed by atoms with Gasteiger partial charge in [-0.3, -0.25) is 14.3 Å². The van der Waals surface area contributed by atoms with Crippen LogP contribution in [0.2, 0.25) is 0 Å². The van der Waals surface area contributed by atoms with Gasteiger partial charge in [0.25, 0.3) is 5.56 Å². The third-order valence-electron chi connectivity index (χ3n) is 4.20. The van der Waals surface area contributed by atoms with Crippen LogP contribution in [0.1, 0.15) is 44.0 Å². The fourth-order valence-corrected chi connectivity index (χ4v) is 2.70. The van der Waals surface area contributed by atoms with E-state index in [0.29, 0.717) is 5.82 Å². The molecule has 2 heterocycles. The quantitative estimate of drug-likeness (QED) is 0.689. The number of aromatic nitrogens is 5. The molecule has 1 N–H and O–H groups in total. The Bertz CT molecular complexity index is 1050. The molecule has 1 aromatic carbocycles. The fourth-order valence-electron chi connectivity index (χ4n) is 2.70. The van der Waals surface area contributed by atoms with Gasteiger partial charge in [0.05, 0.1) is 0 Å². The molecule has 26 heavy (non-hydrogen) atoms. The van der Waals surface area contributed by atoms with E-state index >= 15 is 0 Å². The highest BCUT2D eigenvalue weighted by Gasteiger charge is 2.12. The molecule has 2 aromatic heterocycles. The number of nitrogens with zero attached hydrogens (tertiary/aromatic N) is 4. The monoisotopic (exact) mass is 351 g/mol. The minimum absolute atomic E-state index is 0.106.